The number of aryl methyl sites for hydroxylation is 2. The SMILES string of the molecule is Cc1ccncc1Cn1c(CCCl)nc2ccc(Br)cc21. The Kier molecular flexibility index (Phi) is 4.27. The molecule has 0 N–H and O–H groups in total. The van der Waals surface area contributed by atoms with Gasteiger partial charge in [0.1, 0.15) is 5.82 Å². The number of hydrogen-bond acceptors (Lipinski definition) is 2. The first-order valence-electron chi connectivity index (χ1n) is 6.79. The molecule has 0 amide bonds. The van der Waals surface area contributed by atoms with Crippen molar-refractivity contribution in [2.75, 3.05) is 5.88 Å². The molecule has 0 aliphatic carbocycles. The summed E-state index contributed by atoms with van der Waals surface area (Å²) in [5.41, 5.74) is 4.55. The zero-order chi connectivity index (χ0) is 14.8. The van der Waals surface area contributed by atoms with E-state index in [4.69, 9.17) is 16.6 Å². The van der Waals surface area contributed by atoms with Gasteiger partial charge in [-0.15, -0.1) is 11.6 Å². The fraction of sp³-hybridized carbons (Fsp3) is 0.250. The van der Waals surface area contributed by atoms with Gasteiger partial charge in [-0.3, -0.25) is 4.98 Å². The number of hydrogen-bond donors (Lipinski definition) is 0. The Morgan fingerprint density at radius 3 is 2.90 bits per heavy atom. The van der Waals surface area contributed by atoms with Crippen molar-refractivity contribution in [3.8, 4) is 0 Å². The van der Waals surface area contributed by atoms with Gasteiger partial charge in [-0.25, -0.2) is 4.98 Å². The molecule has 2 heterocycles. The van der Waals surface area contributed by atoms with Crippen molar-refractivity contribution in [2.24, 2.45) is 0 Å². The molecule has 0 fully saturated rings. The van der Waals surface area contributed by atoms with Gasteiger partial charge in [0, 0.05) is 29.2 Å². The van der Waals surface area contributed by atoms with E-state index in [1.54, 1.807) is 0 Å². The van der Waals surface area contributed by atoms with Gasteiger partial charge in [0.25, 0.3) is 0 Å². The molecule has 3 aromatic rings. The number of nitrogens with zero attached hydrogens (tertiary/aromatic N) is 3. The molecule has 21 heavy (non-hydrogen) atoms. The van der Waals surface area contributed by atoms with Crippen molar-refractivity contribution < 1.29 is 0 Å². The first-order chi connectivity index (χ1) is 10.2. The average molecular weight is 365 g/mol. The second-order valence-electron chi connectivity index (χ2n) is 4.99. The van der Waals surface area contributed by atoms with Crippen LogP contribution in [-0.2, 0) is 13.0 Å². The highest BCUT2D eigenvalue weighted by Crippen LogP contribution is 2.23. The summed E-state index contributed by atoms with van der Waals surface area (Å²) in [5.74, 6) is 1.58. The van der Waals surface area contributed by atoms with Gasteiger partial charge < -0.3 is 4.57 Å². The summed E-state index contributed by atoms with van der Waals surface area (Å²) in [6, 6.07) is 8.18. The molecule has 0 bridgehead atoms. The zero-order valence-electron chi connectivity index (χ0n) is 11.7. The number of aromatic nitrogens is 3. The third-order valence-corrected chi connectivity index (χ3v) is 4.27. The van der Waals surface area contributed by atoms with Crippen LogP contribution in [0.15, 0.2) is 41.1 Å². The molecule has 0 saturated heterocycles. The van der Waals surface area contributed by atoms with Crippen LogP contribution < -0.4 is 0 Å². The lowest BCUT2D eigenvalue weighted by atomic mass is 10.1. The summed E-state index contributed by atoms with van der Waals surface area (Å²) in [4.78, 5) is 8.94. The molecule has 0 aliphatic rings. The molecule has 5 heteroatoms. The fourth-order valence-corrected chi connectivity index (χ4v) is 2.95. The third-order valence-electron chi connectivity index (χ3n) is 3.58. The Morgan fingerprint density at radius 1 is 1.29 bits per heavy atom. The maximum atomic E-state index is 5.93. The highest BCUT2D eigenvalue weighted by molar-refractivity contribution is 9.10. The summed E-state index contributed by atoms with van der Waals surface area (Å²) in [6.07, 6.45) is 4.50. The molecule has 3 nitrogen and oxygen atoms in total. The van der Waals surface area contributed by atoms with E-state index in [1.807, 2.05) is 30.6 Å². The highest BCUT2D eigenvalue weighted by Gasteiger charge is 2.12. The van der Waals surface area contributed by atoms with Gasteiger partial charge in [-0.05, 0) is 42.3 Å². The minimum Gasteiger partial charge on any atom is -0.323 e. The van der Waals surface area contributed by atoms with Crippen molar-refractivity contribution in [1.82, 2.24) is 14.5 Å². The van der Waals surface area contributed by atoms with Crippen molar-refractivity contribution in [2.45, 2.75) is 19.9 Å². The van der Waals surface area contributed by atoms with Crippen molar-refractivity contribution in [1.29, 1.82) is 0 Å². The Balaban J connectivity index is 2.12. The Bertz CT molecular complexity index is 782. The first-order valence-corrected chi connectivity index (χ1v) is 8.12. The van der Waals surface area contributed by atoms with Crippen LogP contribution in [0.1, 0.15) is 17.0 Å². The van der Waals surface area contributed by atoms with E-state index < -0.39 is 0 Å². The average Bonchev–Trinajstić information content (AvgIpc) is 2.79. The highest BCUT2D eigenvalue weighted by atomic mass is 79.9. The third kappa shape index (κ3) is 2.97. The maximum absolute atomic E-state index is 5.93. The van der Waals surface area contributed by atoms with Crippen molar-refractivity contribution in [3.05, 3.63) is 58.1 Å². The van der Waals surface area contributed by atoms with E-state index in [-0.39, 0.29) is 0 Å². The summed E-state index contributed by atoms with van der Waals surface area (Å²) in [7, 11) is 0. The number of fused-ring (bicyclic) bond motifs is 1. The van der Waals surface area contributed by atoms with Crippen LogP contribution in [0.25, 0.3) is 11.0 Å². The maximum Gasteiger partial charge on any atom is 0.111 e. The minimum atomic E-state index is 0.566. The standard InChI is InChI=1S/C16H15BrClN3/c1-11-5-7-19-9-12(11)10-21-15-8-13(17)2-3-14(15)20-16(21)4-6-18/h2-3,5,7-9H,4,6,10H2,1H3. The van der Waals surface area contributed by atoms with E-state index in [1.165, 1.54) is 11.1 Å². The lowest BCUT2D eigenvalue weighted by Gasteiger charge is -2.10. The number of halogens is 2. The number of benzene rings is 1. The lowest BCUT2D eigenvalue weighted by molar-refractivity contribution is 0.748. The van der Waals surface area contributed by atoms with Gasteiger partial charge in [0.05, 0.1) is 17.6 Å². The molecule has 1 aromatic carbocycles. The Hall–Kier alpha value is -1.39. The molecule has 0 saturated carbocycles. The van der Waals surface area contributed by atoms with Gasteiger partial charge in [-0.2, -0.15) is 0 Å². The van der Waals surface area contributed by atoms with Crippen LogP contribution in [0, 0.1) is 6.92 Å². The predicted octanol–water partition coefficient (Wildman–Crippen LogP) is 4.33. The largest absolute Gasteiger partial charge is 0.323 e. The van der Waals surface area contributed by atoms with Crippen LogP contribution in [0.2, 0.25) is 0 Å². The van der Waals surface area contributed by atoms with E-state index >= 15 is 0 Å². The summed E-state index contributed by atoms with van der Waals surface area (Å²) in [5, 5.41) is 0. The van der Waals surface area contributed by atoms with Gasteiger partial charge >= 0.3 is 0 Å². The topological polar surface area (TPSA) is 30.7 Å². The van der Waals surface area contributed by atoms with Crippen LogP contribution >= 0.6 is 27.5 Å². The second kappa shape index (κ2) is 6.16. The van der Waals surface area contributed by atoms with Crippen LogP contribution in [-0.4, -0.2) is 20.4 Å². The second-order valence-corrected chi connectivity index (χ2v) is 6.28. The number of imidazole rings is 1. The molecule has 0 spiro atoms. The normalized spacial score (nSPS) is 11.2. The van der Waals surface area contributed by atoms with E-state index in [2.05, 4.69) is 38.5 Å². The molecule has 0 radical (unpaired) electrons. The summed E-state index contributed by atoms with van der Waals surface area (Å²) >= 11 is 9.46. The molecule has 3 rings (SSSR count). The number of rotatable bonds is 4. The summed E-state index contributed by atoms with van der Waals surface area (Å²) < 4.78 is 3.28. The summed E-state index contributed by atoms with van der Waals surface area (Å²) in [6.45, 7) is 2.87. The van der Waals surface area contributed by atoms with Crippen LogP contribution in [0.4, 0.5) is 0 Å². The van der Waals surface area contributed by atoms with Gasteiger partial charge in [-0.1, -0.05) is 15.9 Å². The molecule has 0 unspecified atom stereocenters. The molecule has 2 aromatic heterocycles. The molecule has 0 atom stereocenters. The first kappa shape index (κ1) is 14.5. The van der Waals surface area contributed by atoms with Gasteiger partial charge in [0.2, 0.25) is 0 Å². The minimum absolute atomic E-state index is 0.566. The van der Waals surface area contributed by atoms with Gasteiger partial charge in [0.15, 0.2) is 0 Å². The Labute approximate surface area is 137 Å². The quantitative estimate of drug-likeness (QED) is 0.645. The number of pyridine rings is 1. The van der Waals surface area contributed by atoms with E-state index in [9.17, 15) is 0 Å². The predicted molar refractivity (Wildman–Crippen MR) is 89.9 cm³/mol. The van der Waals surface area contributed by atoms with E-state index in [0.29, 0.717) is 5.88 Å². The molecule has 0 aliphatic heterocycles. The smallest absolute Gasteiger partial charge is 0.111 e. The van der Waals surface area contributed by atoms with E-state index in [0.717, 1.165) is 34.3 Å². The lowest BCUT2D eigenvalue weighted by Crippen LogP contribution is -2.07. The van der Waals surface area contributed by atoms with Crippen molar-refractivity contribution in [3.63, 3.8) is 0 Å². The Morgan fingerprint density at radius 2 is 2.14 bits per heavy atom. The van der Waals surface area contributed by atoms with Crippen molar-refractivity contribution >= 4 is 38.6 Å². The number of alkyl halides is 1. The van der Waals surface area contributed by atoms with Crippen LogP contribution in [0.5, 0.6) is 0 Å². The molecule has 108 valence electrons. The zero-order valence-corrected chi connectivity index (χ0v) is 14.0. The monoisotopic (exact) mass is 363 g/mol. The fourth-order valence-electron chi connectivity index (χ4n) is 2.43. The molecular formula is C16H15BrClN3. The van der Waals surface area contributed by atoms with Crippen LogP contribution in [0.3, 0.4) is 0 Å². The molecular weight excluding hydrogens is 350 g/mol.